The lowest BCUT2D eigenvalue weighted by Crippen LogP contribution is -1.86. The van der Waals surface area contributed by atoms with Crippen LogP contribution in [0.2, 0.25) is 0 Å². The third kappa shape index (κ3) is 2.31. The standard InChI is InChI=1S/C13H15NO3/c1-3-11-13(14-12(8-15)17-11)9-4-6-10(16-2)7-5-9/h4-7,15H,3,8H2,1-2H3. The summed E-state index contributed by atoms with van der Waals surface area (Å²) in [6, 6.07) is 7.61. The van der Waals surface area contributed by atoms with Gasteiger partial charge in [-0.05, 0) is 24.3 Å². The highest BCUT2D eigenvalue weighted by atomic mass is 16.5. The molecule has 0 amide bonds. The maximum atomic E-state index is 9.02. The van der Waals surface area contributed by atoms with E-state index >= 15 is 0 Å². The normalized spacial score (nSPS) is 10.5. The number of methoxy groups -OCH3 is 1. The lowest BCUT2D eigenvalue weighted by atomic mass is 10.1. The first kappa shape index (κ1) is 11.7. The molecule has 1 N–H and O–H groups in total. The molecule has 0 atom stereocenters. The Bertz CT molecular complexity index is 488. The van der Waals surface area contributed by atoms with Crippen molar-refractivity contribution in [3.8, 4) is 17.0 Å². The molecule has 1 heterocycles. The first-order valence-electron chi connectivity index (χ1n) is 5.52. The number of hydrogen-bond acceptors (Lipinski definition) is 4. The Hall–Kier alpha value is -1.81. The van der Waals surface area contributed by atoms with E-state index in [9.17, 15) is 0 Å². The van der Waals surface area contributed by atoms with Crippen LogP contribution in [0.1, 0.15) is 18.6 Å². The Labute approximate surface area is 99.9 Å². The fraction of sp³-hybridized carbons (Fsp3) is 0.308. The largest absolute Gasteiger partial charge is 0.497 e. The van der Waals surface area contributed by atoms with Crippen LogP contribution in [-0.2, 0) is 13.0 Å². The summed E-state index contributed by atoms with van der Waals surface area (Å²) in [5.41, 5.74) is 1.75. The fourth-order valence-electron chi connectivity index (χ4n) is 1.68. The van der Waals surface area contributed by atoms with Gasteiger partial charge in [-0.3, -0.25) is 0 Å². The summed E-state index contributed by atoms with van der Waals surface area (Å²) in [5.74, 6) is 1.95. The highest BCUT2D eigenvalue weighted by Crippen LogP contribution is 2.26. The van der Waals surface area contributed by atoms with E-state index in [0.717, 1.165) is 29.2 Å². The topological polar surface area (TPSA) is 55.5 Å². The van der Waals surface area contributed by atoms with E-state index in [4.69, 9.17) is 14.3 Å². The van der Waals surface area contributed by atoms with E-state index in [1.165, 1.54) is 0 Å². The molecule has 0 fully saturated rings. The minimum absolute atomic E-state index is 0.177. The van der Waals surface area contributed by atoms with Crippen molar-refractivity contribution in [2.75, 3.05) is 7.11 Å². The lowest BCUT2D eigenvalue weighted by Gasteiger charge is -2.01. The number of benzene rings is 1. The maximum Gasteiger partial charge on any atom is 0.220 e. The zero-order valence-electron chi connectivity index (χ0n) is 9.93. The molecule has 0 bridgehead atoms. The van der Waals surface area contributed by atoms with Gasteiger partial charge < -0.3 is 14.3 Å². The van der Waals surface area contributed by atoms with Crippen molar-refractivity contribution >= 4 is 0 Å². The van der Waals surface area contributed by atoms with Crippen molar-refractivity contribution in [3.05, 3.63) is 35.9 Å². The molecule has 2 aromatic rings. The summed E-state index contributed by atoms with van der Waals surface area (Å²) in [6.07, 6.45) is 0.744. The second-order valence-electron chi connectivity index (χ2n) is 3.62. The van der Waals surface area contributed by atoms with Gasteiger partial charge in [0.1, 0.15) is 23.8 Å². The van der Waals surface area contributed by atoms with Gasteiger partial charge in [0.05, 0.1) is 7.11 Å². The summed E-state index contributed by atoms with van der Waals surface area (Å²) in [7, 11) is 1.63. The van der Waals surface area contributed by atoms with Crippen LogP contribution < -0.4 is 4.74 Å². The van der Waals surface area contributed by atoms with Crippen molar-refractivity contribution in [1.82, 2.24) is 4.98 Å². The SMILES string of the molecule is CCc1oc(CO)nc1-c1ccc(OC)cc1. The first-order valence-corrected chi connectivity index (χ1v) is 5.52. The summed E-state index contributed by atoms with van der Waals surface area (Å²) in [5, 5.41) is 9.02. The van der Waals surface area contributed by atoms with Crippen LogP contribution in [0.15, 0.2) is 28.7 Å². The first-order chi connectivity index (χ1) is 8.28. The third-order valence-corrected chi connectivity index (χ3v) is 2.56. The number of aliphatic hydroxyl groups excluding tert-OH is 1. The Balaban J connectivity index is 2.40. The molecule has 17 heavy (non-hydrogen) atoms. The zero-order valence-corrected chi connectivity index (χ0v) is 9.93. The number of oxazole rings is 1. The molecule has 1 aromatic carbocycles. The third-order valence-electron chi connectivity index (χ3n) is 2.56. The van der Waals surface area contributed by atoms with Crippen molar-refractivity contribution in [2.24, 2.45) is 0 Å². The van der Waals surface area contributed by atoms with E-state index in [1.807, 2.05) is 31.2 Å². The van der Waals surface area contributed by atoms with Gasteiger partial charge in [0.25, 0.3) is 0 Å². The molecule has 0 spiro atoms. The van der Waals surface area contributed by atoms with Crippen molar-refractivity contribution in [2.45, 2.75) is 20.0 Å². The average molecular weight is 233 g/mol. The highest BCUT2D eigenvalue weighted by Gasteiger charge is 2.12. The molecule has 2 rings (SSSR count). The molecule has 0 aliphatic heterocycles. The van der Waals surface area contributed by atoms with E-state index in [0.29, 0.717) is 5.89 Å². The minimum atomic E-state index is -0.177. The van der Waals surface area contributed by atoms with Gasteiger partial charge in [-0.25, -0.2) is 4.98 Å². The van der Waals surface area contributed by atoms with Crippen LogP contribution in [-0.4, -0.2) is 17.2 Å². The molecule has 4 heteroatoms. The summed E-state index contributed by atoms with van der Waals surface area (Å²) < 4.78 is 10.5. The molecule has 1 aromatic heterocycles. The zero-order chi connectivity index (χ0) is 12.3. The number of hydrogen-bond donors (Lipinski definition) is 1. The van der Waals surface area contributed by atoms with Crippen LogP contribution in [0, 0.1) is 0 Å². The van der Waals surface area contributed by atoms with Gasteiger partial charge >= 0.3 is 0 Å². The summed E-state index contributed by atoms with van der Waals surface area (Å²) in [4.78, 5) is 4.27. The van der Waals surface area contributed by atoms with Crippen molar-refractivity contribution in [3.63, 3.8) is 0 Å². The molecule has 0 radical (unpaired) electrons. The predicted molar refractivity (Wildman–Crippen MR) is 63.8 cm³/mol. The second kappa shape index (κ2) is 5.01. The maximum absolute atomic E-state index is 9.02. The number of nitrogens with zero attached hydrogens (tertiary/aromatic N) is 1. The Morgan fingerprint density at radius 1 is 1.29 bits per heavy atom. The van der Waals surface area contributed by atoms with E-state index in [2.05, 4.69) is 4.98 Å². The van der Waals surface area contributed by atoms with E-state index in [-0.39, 0.29) is 6.61 Å². The molecule has 0 saturated heterocycles. The van der Waals surface area contributed by atoms with Crippen LogP contribution in [0.25, 0.3) is 11.3 Å². The molecule has 0 aliphatic carbocycles. The lowest BCUT2D eigenvalue weighted by molar-refractivity contribution is 0.237. The van der Waals surface area contributed by atoms with Gasteiger partial charge in [-0.1, -0.05) is 6.92 Å². The smallest absolute Gasteiger partial charge is 0.220 e. The number of aryl methyl sites for hydroxylation is 1. The number of rotatable bonds is 4. The number of ether oxygens (including phenoxy) is 1. The number of aliphatic hydroxyl groups is 1. The van der Waals surface area contributed by atoms with E-state index in [1.54, 1.807) is 7.11 Å². The fourth-order valence-corrected chi connectivity index (χ4v) is 1.68. The molecular formula is C13H15NO3. The quantitative estimate of drug-likeness (QED) is 0.881. The Morgan fingerprint density at radius 3 is 2.53 bits per heavy atom. The molecule has 0 unspecified atom stereocenters. The average Bonchev–Trinajstić information content (AvgIpc) is 2.82. The van der Waals surface area contributed by atoms with E-state index < -0.39 is 0 Å². The molecule has 4 nitrogen and oxygen atoms in total. The summed E-state index contributed by atoms with van der Waals surface area (Å²) >= 11 is 0. The molecule has 0 aliphatic rings. The van der Waals surface area contributed by atoms with Crippen LogP contribution >= 0.6 is 0 Å². The summed E-state index contributed by atoms with van der Waals surface area (Å²) in [6.45, 7) is 1.82. The second-order valence-corrected chi connectivity index (χ2v) is 3.62. The van der Waals surface area contributed by atoms with Gasteiger partial charge in [0.2, 0.25) is 5.89 Å². The van der Waals surface area contributed by atoms with Crippen LogP contribution in [0.5, 0.6) is 5.75 Å². The van der Waals surface area contributed by atoms with Crippen LogP contribution in [0.4, 0.5) is 0 Å². The molecular weight excluding hydrogens is 218 g/mol. The Kier molecular flexibility index (Phi) is 3.44. The van der Waals surface area contributed by atoms with Gasteiger partial charge in [-0.2, -0.15) is 0 Å². The van der Waals surface area contributed by atoms with Gasteiger partial charge in [0, 0.05) is 12.0 Å². The van der Waals surface area contributed by atoms with Crippen molar-refractivity contribution in [1.29, 1.82) is 0 Å². The Morgan fingerprint density at radius 2 is 2.00 bits per heavy atom. The molecule has 90 valence electrons. The monoisotopic (exact) mass is 233 g/mol. The molecule has 0 saturated carbocycles. The predicted octanol–water partition coefficient (Wildman–Crippen LogP) is 2.40. The van der Waals surface area contributed by atoms with Gasteiger partial charge in [-0.15, -0.1) is 0 Å². The van der Waals surface area contributed by atoms with Crippen LogP contribution in [0.3, 0.4) is 0 Å². The number of aromatic nitrogens is 1. The minimum Gasteiger partial charge on any atom is -0.497 e. The highest BCUT2D eigenvalue weighted by molar-refractivity contribution is 5.62. The van der Waals surface area contributed by atoms with Gasteiger partial charge in [0.15, 0.2) is 0 Å². The van der Waals surface area contributed by atoms with Crippen molar-refractivity contribution < 1.29 is 14.3 Å².